The summed E-state index contributed by atoms with van der Waals surface area (Å²) in [6.45, 7) is -1.24. The Morgan fingerprint density at radius 1 is 1.43 bits per heavy atom. The Kier molecular flexibility index (Phi) is 5.62. The van der Waals surface area contributed by atoms with E-state index in [-0.39, 0.29) is 17.1 Å². The second-order valence-electron chi connectivity index (χ2n) is 6.58. The van der Waals surface area contributed by atoms with Crippen LogP contribution in [0.2, 0.25) is 5.02 Å². The van der Waals surface area contributed by atoms with Crippen LogP contribution in [0.1, 0.15) is 11.8 Å². The number of phosphoric ester groups is 1. The van der Waals surface area contributed by atoms with Gasteiger partial charge in [0.2, 0.25) is 0 Å². The molecular weight excluding hydrogens is 466 g/mol. The van der Waals surface area contributed by atoms with Crippen LogP contribution in [0, 0.1) is 4.77 Å². The van der Waals surface area contributed by atoms with E-state index in [9.17, 15) is 19.6 Å². The van der Waals surface area contributed by atoms with Gasteiger partial charge in [0, 0.05) is 22.8 Å². The van der Waals surface area contributed by atoms with E-state index in [2.05, 4.69) is 4.98 Å². The first-order valence-corrected chi connectivity index (χ1v) is 10.8. The van der Waals surface area contributed by atoms with Gasteiger partial charge in [0.1, 0.15) is 24.6 Å². The van der Waals surface area contributed by atoms with E-state index in [0.29, 0.717) is 10.6 Å². The molecule has 162 valence electrons. The molecule has 0 saturated carbocycles. The number of hydrogen-bond acceptors (Lipinski definition) is 9. The zero-order valence-corrected chi connectivity index (χ0v) is 17.4. The van der Waals surface area contributed by atoms with Crippen molar-refractivity contribution < 1.29 is 37.5 Å². The molecule has 2 aromatic rings. The number of nitrogens with one attached hydrogen (secondary N) is 1. The molecule has 1 unspecified atom stereocenters. The van der Waals surface area contributed by atoms with Crippen molar-refractivity contribution in [1.29, 1.82) is 0 Å². The lowest BCUT2D eigenvalue weighted by Crippen LogP contribution is -2.43. The van der Waals surface area contributed by atoms with E-state index < -0.39 is 44.3 Å². The van der Waals surface area contributed by atoms with Crippen LogP contribution in [-0.2, 0) is 25.0 Å². The summed E-state index contributed by atoms with van der Waals surface area (Å²) in [6.07, 6.45) is -4.16. The minimum atomic E-state index is -4.24. The van der Waals surface area contributed by atoms with Crippen molar-refractivity contribution in [1.82, 2.24) is 9.55 Å². The molecule has 10 nitrogen and oxygen atoms in total. The van der Waals surface area contributed by atoms with Crippen LogP contribution in [0.3, 0.4) is 0 Å². The van der Waals surface area contributed by atoms with E-state index in [4.69, 9.17) is 42.1 Å². The molecule has 0 aliphatic carbocycles. The number of hydrogen-bond donors (Lipinski definition) is 3. The molecule has 30 heavy (non-hydrogen) atoms. The normalized spacial score (nSPS) is 33.1. The second-order valence-corrected chi connectivity index (χ2v) is 9.00. The molecule has 0 spiro atoms. The van der Waals surface area contributed by atoms with Gasteiger partial charge < -0.3 is 19.5 Å². The Morgan fingerprint density at radius 2 is 2.20 bits per heavy atom. The number of aliphatic hydroxyl groups excluding tert-OH is 2. The third-order valence-electron chi connectivity index (χ3n) is 4.53. The maximum atomic E-state index is 15.3. The summed E-state index contributed by atoms with van der Waals surface area (Å²) in [5.74, 6) is -2.79. The number of H-pyrrole nitrogens is 1. The molecule has 2 aliphatic rings. The largest absolute Gasteiger partial charge is 0.530 e. The van der Waals surface area contributed by atoms with Crippen molar-refractivity contribution in [2.24, 2.45) is 0 Å². The van der Waals surface area contributed by atoms with E-state index in [0.717, 1.165) is 10.6 Å². The van der Waals surface area contributed by atoms with Gasteiger partial charge in [0.25, 0.3) is 11.4 Å². The first-order chi connectivity index (χ1) is 14.1. The van der Waals surface area contributed by atoms with E-state index in [1.165, 1.54) is 18.3 Å². The number of aromatic amines is 1. The van der Waals surface area contributed by atoms with Crippen LogP contribution in [0.15, 0.2) is 35.3 Å². The molecule has 14 heteroatoms. The number of halogens is 2. The van der Waals surface area contributed by atoms with Crippen molar-refractivity contribution >= 4 is 31.6 Å². The first-order valence-electron chi connectivity index (χ1n) is 8.52. The fourth-order valence-corrected chi connectivity index (χ4v) is 4.69. The molecule has 1 aromatic carbocycles. The van der Waals surface area contributed by atoms with Gasteiger partial charge in [0.15, 0.2) is 11.0 Å². The average Bonchev–Trinajstić information content (AvgIpc) is 2.92. The monoisotopic (exact) mass is 480 g/mol. The molecule has 3 N–H and O–H groups in total. The van der Waals surface area contributed by atoms with Crippen LogP contribution in [0.25, 0.3) is 0 Å². The molecule has 0 amide bonds. The Labute approximate surface area is 178 Å². The fraction of sp³-hybridized carbons (Fsp3) is 0.375. The third-order valence-corrected chi connectivity index (χ3v) is 6.39. The minimum Gasteiger partial charge on any atom is -0.404 e. The summed E-state index contributed by atoms with van der Waals surface area (Å²) in [4.78, 5) is 13.6. The standard InChI is InChI=1S/C16H15ClFN2O8PS/c17-9-1-2-10-8(5-9)6-25-29(24,28-10)26-7-16(18)13(23)12(22)14(27-16)20-4-3-11(21)19-15(20)30/h1-5,12-14,22-23H,6-7H2,(H,19,21,30)/t12-,13+,14-,16-,29?/m1/s1. The fourth-order valence-electron chi connectivity index (χ4n) is 3.00. The van der Waals surface area contributed by atoms with Gasteiger partial charge >= 0.3 is 7.82 Å². The zero-order valence-electron chi connectivity index (χ0n) is 14.9. The first kappa shape index (κ1) is 21.6. The average molecular weight is 481 g/mol. The molecule has 3 heterocycles. The Hall–Kier alpha value is -1.63. The van der Waals surface area contributed by atoms with Crippen LogP contribution in [-0.4, -0.2) is 44.4 Å². The van der Waals surface area contributed by atoms with E-state index >= 15 is 4.39 Å². The number of phosphoric acid groups is 1. The van der Waals surface area contributed by atoms with Gasteiger partial charge in [-0.25, -0.2) is 8.96 Å². The lowest BCUT2D eigenvalue weighted by Gasteiger charge is -2.28. The van der Waals surface area contributed by atoms with Gasteiger partial charge in [-0.2, -0.15) is 0 Å². The Bertz CT molecular complexity index is 1140. The van der Waals surface area contributed by atoms with Crippen LogP contribution in [0.5, 0.6) is 5.75 Å². The maximum absolute atomic E-state index is 15.3. The number of aliphatic hydroxyl groups is 2. The number of alkyl halides is 1. The van der Waals surface area contributed by atoms with Gasteiger partial charge in [-0.1, -0.05) is 11.6 Å². The molecule has 0 radical (unpaired) electrons. The highest BCUT2D eigenvalue weighted by atomic mass is 35.5. The van der Waals surface area contributed by atoms with E-state index in [1.54, 1.807) is 6.07 Å². The van der Waals surface area contributed by atoms with Gasteiger partial charge in [-0.05, 0) is 30.4 Å². The van der Waals surface area contributed by atoms with Crippen LogP contribution >= 0.6 is 31.6 Å². The quantitative estimate of drug-likeness (QED) is 0.445. The van der Waals surface area contributed by atoms with Gasteiger partial charge in [-0.15, -0.1) is 0 Å². The number of fused-ring (bicyclic) bond motifs is 1. The molecule has 1 saturated heterocycles. The number of aromatic nitrogens is 2. The van der Waals surface area contributed by atoms with Crippen molar-refractivity contribution in [2.75, 3.05) is 6.61 Å². The lowest BCUT2D eigenvalue weighted by atomic mass is 10.1. The van der Waals surface area contributed by atoms with Gasteiger partial charge in [-0.3, -0.25) is 23.4 Å². The smallest absolute Gasteiger partial charge is 0.404 e. The molecule has 0 bridgehead atoms. The molecule has 1 aromatic heterocycles. The summed E-state index contributed by atoms with van der Waals surface area (Å²) in [7, 11) is -4.24. The van der Waals surface area contributed by atoms with Crippen molar-refractivity contribution in [3.05, 3.63) is 56.2 Å². The highest BCUT2D eigenvalue weighted by Crippen LogP contribution is 2.56. The molecular formula is C16H15ClFN2O8PS. The Morgan fingerprint density at radius 3 is 2.93 bits per heavy atom. The summed E-state index contributed by atoms with van der Waals surface area (Å²) < 4.78 is 49.3. The van der Waals surface area contributed by atoms with Crippen molar-refractivity contribution in [3.63, 3.8) is 0 Å². The number of ether oxygens (including phenoxy) is 1. The van der Waals surface area contributed by atoms with Crippen LogP contribution in [0.4, 0.5) is 4.39 Å². The number of benzene rings is 1. The highest BCUT2D eigenvalue weighted by Gasteiger charge is 2.57. The van der Waals surface area contributed by atoms with E-state index in [1.807, 2.05) is 0 Å². The zero-order chi connectivity index (χ0) is 21.7. The Balaban J connectivity index is 1.50. The summed E-state index contributed by atoms with van der Waals surface area (Å²) >= 11 is 10.8. The number of nitrogens with zero attached hydrogens (tertiary/aromatic N) is 1. The summed E-state index contributed by atoms with van der Waals surface area (Å²) in [6, 6.07) is 5.60. The van der Waals surface area contributed by atoms with Crippen molar-refractivity contribution in [3.8, 4) is 5.75 Å². The molecule has 5 atom stereocenters. The number of rotatable bonds is 4. The SMILES string of the molecule is O=c1ccn([C@@H]2O[C@](F)(COP3(=O)OCc4cc(Cl)ccc4O3)[C@@H](O)[C@H]2O)c(=S)[nH]1. The van der Waals surface area contributed by atoms with Crippen LogP contribution < -0.4 is 10.1 Å². The highest BCUT2D eigenvalue weighted by molar-refractivity contribution is 7.71. The molecule has 2 aliphatic heterocycles. The lowest BCUT2D eigenvalue weighted by molar-refractivity contribution is -0.205. The van der Waals surface area contributed by atoms with Crippen molar-refractivity contribution in [2.45, 2.75) is 30.9 Å². The molecule has 1 fully saturated rings. The molecule has 4 rings (SSSR count). The topological polar surface area (TPSA) is 132 Å². The predicted molar refractivity (Wildman–Crippen MR) is 102 cm³/mol. The predicted octanol–water partition coefficient (Wildman–Crippen LogP) is 2.21. The maximum Gasteiger partial charge on any atom is 0.530 e. The minimum absolute atomic E-state index is 0.159. The summed E-state index contributed by atoms with van der Waals surface area (Å²) in [5, 5.41) is 20.8. The summed E-state index contributed by atoms with van der Waals surface area (Å²) in [5.41, 5.74) is 0.0120. The second kappa shape index (κ2) is 7.81. The van der Waals surface area contributed by atoms with Gasteiger partial charge in [0.05, 0.1) is 6.61 Å². The third kappa shape index (κ3) is 3.97.